The molecule has 57 valence electrons. The normalized spacial score (nSPS) is 9.44. The van der Waals surface area contributed by atoms with E-state index >= 15 is 0 Å². The van der Waals surface area contributed by atoms with E-state index in [-0.39, 0.29) is 7.26 Å². The van der Waals surface area contributed by atoms with Gasteiger partial charge in [-0.15, -0.1) is 7.26 Å². The van der Waals surface area contributed by atoms with Gasteiger partial charge in [0.05, 0.1) is 0 Å². The van der Waals surface area contributed by atoms with Crippen LogP contribution in [0.15, 0.2) is 0 Å². The predicted octanol–water partition coefficient (Wildman–Crippen LogP) is 1.61. The van der Waals surface area contributed by atoms with Gasteiger partial charge in [0.2, 0.25) is 0 Å². The molecule has 0 aromatic heterocycles. The topological polar surface area (TPSA) is 37.3 Å². The van der Waals surface area contributed by atoms with Gasteiger partial charge in [-0.25, -0.2) is 0 Å². The predicted molar refractivity (Wildman–Crippen MR) is 43.9 cm³/mol. The number of carboxylic acid groups (broad SMARTS) is 1. The number of rotatable bonds is 0. The van der Waals surface area contributed by atoms with Crippen LogP contribution >= 0.6 is 7.26 Å². The summed E-state index contributed by atoms with van der Waals surface area (Å²) in [5.74, 6) is -0.833. The van der Waals surface area contributed by atoms with Crippen LogP contribution < -0.4 is 0 Å². The molecule has 0 atom stereocenters. The minimum Gasteiger partial charge on any atom is -0.481 e. The van der Waals surface area contributed by atoms with Gasteiger partial charge in [-0.3, -0.25) is 4.79 Å². The lowest BCUT2D eigenvalue weighted by molar-refractivity contribution is -0.134. The van der Waals surface area contributed by atoms with Gasteiger partial charge in [0, 0.05) is 6.92 Å². The van der Waals surface area contributed by atoms with E-state index in [1.807, 2.05) is 0 Å². The highest BCUT2D eigenvalue weighted by atomic mass is 31.2. The van der Waals surface area contributed by atoms with Crippen LogP contribution in [-0.4, -0.2) is 37.7 Å². The second-order valence-electron chi connectivity index (χ2n) is 3.20. The maximum absolute atomic E-state index is 9.00. The molecular formula is C6H16O2P. The molecule has 0 rings (SSSR count). The van der Waals surface area contributed by atoms with Gasteiger partial charge in [0.25, 0.3) is 5.97 Å². The SMILES string of the molecule is CC(=O)O.C[P](C)(C)C. The van der Waals surface area contributed by atoms with Crippen molar-refractivity contribution in [3.63, 3.8) is 0 Å². The molecule has 2 nitrogen and oxygen atoms in total. The molecule has 0 spiro atoms. The second-order valence-corrected chi connectivity index (χ2v) is 8.57. The Morgan fingerprint density at radius 3 is 1.22 bits per heavy atom. The van der Waals surface area contributed by atoms with Crippen LogP contribution in [0.1, 0.15) is 6.92 Å². The summed E-state index contributed by atoms with van der Waals surface area (Å²) < 4.78 is 0. The first-order chi connectivity index (χ1) is 3.73. The zero-order valence-corrected chi connectivity index (χ0v) is 7.70. The molecule has 3 heteroatoms. The van der Waals surface area contributed by atoms with E-state index in [2.05, 4.69) is 26.7 Å². The maximum Gasteiger partial charge on any atom is 0.300 e. The second kappa shape index (κ2) is 4.75. The molecule has 9 heavy (non-hydrogen) atoms. The van der Waals surface area contributed by atoms with E-state index < -0.39 is 5.97 Å². The Hall–Kier alpha value is -0.100. The third kappa shape index (κ3) is 27500. The van der Waals surface area contributed by atoms with Crippen molar-refractivity contribution in [2.75, 3.05) is 26.7 Å². The third-order valence-corrected chi connectivity index (χ3v) is 0. The fraction of sp³-hybridized carbons (Fsp3) is 0.833. The van der Waals surface area contributed by atoms with Crippen molar-refractivity contribution >= 4 is 13.2 Å². The number of carboxylic acids is 1. The zero-order chi connectivity index (χ0) is 8.08. The zero-order valence-electron chi connectivity index (χ0n) is 6.80. The van der Waals surface area contributed by atoms with Crippen molar-refractivity contribution < 1.29 is 9.90 Å². The molecule has 0 saturated carbocycles. The highest BCUT2D eigenvalue weighted by Crippen LogP contribution is 2.40. The summed E-state index contributed by atoms with van der Waals surface area (Å²) in [7, 11) is -0.389. The third-order valence-electron chi connectivity index (χ3n) is 0. The highest BCUT2D eigenvalue weighted by molar-refractivity contribution is 7.72. The molecule has 0 heterocycles. The van der Waals surface area contributed by atoms with Crippen molar-refractivity contribution in [2.45, 2.75) is 6.92 Å². The molecule has 0 bridgehead atoms. The minimum absolute atomic E-state index is 0.389. The molecule has 0 amide bonds. The van der Waals surface area contributed by atoms with Crippen molar-refractivity contribution in [3.05, 3.63) is 0 Å². The van der Waals surface area contributed by atoms with E-state index in [0.717, 1.165) is 6.92 Å². The van der Waals surface area contributed by atoms with Gasteiger partial charge in [-0.2, -0.15) is 0 Å². The average Bonchev–Trinajstić information content (AvgIpc) is 1.19. The first-order valence-corrected chi connectivity index (χ1v) is 6.29. The summed E-state index contributed by atoms with van der Waals surface area (Å²) in [5, 5.41) is 7.42. The maximum atomic E-state index is 9.00. The van der Waals surface area contributed by atoms with Crippen molar-refractivity contribution in [3.8, 4) is 0 Å². The molecule has 0 aromatic carbocycles. The molecule has 1 radical (unpaired) electrons. The quantitative estimate of drug-likeness (QED) is 0.534. The Morgan fingerprint density at radius 2 is 1.22 bits per heavy atom. The molecule has 0 unspecified atom stereocenters. The molecule has 0 aliphatic rings. The van der Waals surface area contributed by atoms with Gasteiger partial charge in [-0.05, 0) is 26.7 Å². The first kappa shape index (κ1) is 11.7. The van der Waals surface area contributed by atoms with E-state index in [1.54, 1.807) is 0 Å². The monoisotopic (exact) mass is 151 g/mol. The molecule has 0 fully saturated rings. The Kier molecular flexibility index (Phi) is 6.16. The minimum atomic E-state index is -0.833. The van der Waals surface area contributed by atoms with Crippen LogP contribution in [0.5, 0.6) is 0 Å². The summed E-state index contributed by atoms with van der Waals surface area (Å²) in [5.41, 5.74) is 0. The Bertz CT molecular complexity index is 73.5. The smallest absolute Gasteiger partial charge is 0.300 e. The molecule has 0 aliphatic carbocycles. The van der Waals surface area contributed by atoms with E-state index in [1.165, 1.54) is 0 Å². The van der Waals surface area contributed by atoms with Crippen molar-refractivity contribution in [1.82, 2.24) is 0 Å². The average molecular weight is 151 g/mol. The van der Waals surface area contributed by atoms with Gasteiger partial charge < -0.3 is 5.11 Å². The molecule has 0 aliphatic heterocycles. The van der Waals surface area contributed by atoms with Gasteiger partial charge >= 0.3 is 0 Å². The molecule has 0 saturated heterocycles. The van der Waals surface area contributed by atoms with Gasteiger partial charge in [-0.1, -0.05) is 0 Å². The first-order valence-electron chi connectivity index (χ1n) is 2.72. The summed E-state index contributed by atoms with van der Waals surface area (Å²) in [4.78, 5) is 9.00. The molecular weight excluding hydrogens is 135 g/mol. The van der Waals surface area contributed by atoms with Crippen molar-refractivity contribution in [2.24, 2.45) is 0 Å². The number of hydrogen-bond acceptors (Lipinski definition) is 1. The molecule has 1 N–H and O–H groups in total. The number of hydrogen-bond donors (Lipinski definition) is 1. The lowest BCUT2D eigenvalue weighted by Gasteiger charge is -2.09. The summed E-state index contributed by atoms with van der Waals surface area (Å²) in [6.07, 6.45) is 0. The number of aliphatic carboxylic acids is 1. The van der Waals surface area contributed by atoms with E-state index in [9.17, 15) is 0 Å². The van der Waals surface area contributed by atoms with E-state index in [0.29, 0.717) is 0 Å². The van der Waals surface area contributed by atoms with Crippen molar-refractivity contribution in [1.29, 1.82) is 0 Å². The van der Waals surface area contributed by atoms with Gasteiger partial charge in [0.1, 0.15) is 0 Å². The highest BCUT2D eigenvalue weighted by Gasteiger charge is 1.91. The summed E-state index contributed by atoms with van der Waals surface area (Å²) in [6.45, 7) is 10.3. The lowest BCUT2D eigenvalue weighted by Crippen LogP contribution is -1.78. The van der Waals surface area contributed by atoms with Gasteiger partial charge in [0.15, 0.2) is 0 Å². The summed E-state index contributed by atoms with van der Waals surface area (Å²) >= 11 is 0. The van der Waals surface area contributed by atoms with E-state index in [4.69, 9.17) is 9.90 Å². The fourth-order valence-corrected chi connectivity index (χ4v) is 0. The Morgan fingerprint density at radius 1 is 1.22 bits per heavy atom. The van der Waals surface area contributed by atoms with Crippen LogP contribution in [0, 0.1) is 0 Å². The Labute approximate surface area is 57.6 Å². The van der Waals surface area contributed by atoms with Crippen LogP contribution in [0.25, 0.3) is 0 Å². The van der Waals surface area contributed by atoms with Crippen LogP contribution in [-0.2, 0) is 4.79 Å². The standard InChI is InChI=1S/C4H12P.C2H4O2/c1-5(2,3)4;1-2(3)4/h1-4H3;1H3,(H,3,4). The number of carbonyl (C=O) groups is 1. The fourth-order valence-electron chi connectivity index (χ4n) is 0. The van der Waals surface area contributed by atoms with Crippen LogP contribution in [0.2, 0.25) is 0 Å². The lowest BCUT2D eigenvalue weighted by atomic mass is 10.9. The molecule has 0 aromatic rings. The van der Waals surface area contributed by atoms with Crippen LogP contribution in [0.3, 0.4) is 0 Å². The Balaban J connectivity index is 0. The summed E-state index contributed by atoms with van der Waals surface area (Å²) in [6, 6.07) is 0. The largest absolute Gasteiger partial charge is 0.481 e. The van der Waals surface area contributed by atoms with Crippen LogP contribution in [0.4, 0.5) is 0 Å².